The molecule has 0 aliphatic carbocycles. The zero-order chi connectivity index (χ0) is 16.1. The van der Waals surface area contributed by atoms with Crippen molar-refractivity contribution < 1.29 is 14.0 Å². The summed E-state index contributed by atoms with van der Waals surface area (Å²) in [5.74, 6) is -0.695. The minimum Gasteiger partial charge on any atom is -0.454 e. The van der Waals surface area contributed by atoms with E-state index in [9.17, 15) is 9.59 Å². The number of nitrogens with two attached hydrogens (primary N) is 2. The van der Waals surface area contributed by atoms with Crippen molar-refractivity contribution in [1.82, 2.24) is 5.32 Å². The lowest BCUT2D eigenvalue weighted by atomic mass is 9.95. The summed E-state index contributed by atoms with van der Waals surface area (Å²) in [4.78, 5) is 23.1. The van der Waals surface area contributed by atoms with Gasteiger partial charge in [0, 0.05) is 6.04 Å². The maximum Gasteiger partial charge on any atom is 0.284 e. The Kier molecular flexibility index (Phi) is 4.95. The van der Waals surface area contributed by atoms with Crippen molar-refractivity contribution in [1.29, 1.82) is 0 Å². The molecule has 2 atom stereocenters. The molecule has 0 saturated carbocycles. The Balaban J connectivity index is 1.92. The Morgan fingerprint density at radius 1 is 1.18 bits per heavy atom. The lowest BCUT2D eigenvalue weighted by molar-refractivity contribution is -0.125. The van der Waals surface area contributed by atoms with Crippen LogP contribution in [0.1, 0.15) is 34.8 Å². The van der Waals surface area contributed by atoms with Gasteiger partial charge in [-0.2, -0.15) is 0 Å². The van der Waals surface area contributed by atoms with Crippen LogP contribution in [-0.2, 0) is 11.3 Å². The van der Waals surface area contributed by atoms with Gasteiger partial charge in [-0.1, -0.05) is 37.3 Å². The second kappa shape index (κ2) is 6.91. The van der Waals surface area contributed by atoms with E-state index in [0.29, 0.717) is 5.76 Å². The molecular weight excluding hydrogens is 282 g/mol. The van der Waals surface area contributed by atoms with Gasteiger partial charge in [-0.3, -0.25) is 9.59 Å². The zero-order valence-electron chi connectivity index (χ0n) is 12.3. The summed E-state index contributed by atoms with van der Waals surface area (Å²) in [5, 5.41) is 2.74. The summed E-state index contributed by atoms with van der Waals surface area (Å²) in [6, 6.07) is 12.1. The molecule has 0 aliphatic heterocycles. The Hall–Kier alpha value is -2.60. The van der Waals surface area contributed by atoms with Crippen molar-refractivity contribution >= 4 is 11.8 Å². The molecule has 6 nitrogen and oxygen atoms in total. The standard InChI is InChI=1S/C16H19N3O3/c1-10(14(17)11-5-3-2-4-6-11)16(21)19-9-12-7-8-13(22-12)15(18)20/h2-8,10,14H,9,17H2,1H3,(H2,18,20)(H,19,21). The molecule has 0 radical (unpaired) electrons. The van der Waals surface area contributed by atoms with Crippen molar-refractivity contribution in [3.63, 3.8) is 0 Å². The molecule has 0 bridgehead atoms. The quantitative estimate of drug-likeness (QED) is 0.747. The molecule has 0 aliphatic rings. The van der Waals surface area contributed by atoms with Crippen LogP contribution in [0.2, 0.25) is 0 Å². The summed E-state index contributed by atoms with van der Waals surface area (Å²) in [6.07, 6.45) is 0. The second-order valence-electron chi connectivity index (χ2n) is 5.07. The number of furan rings is 1. The van der Waals surface area contributed by atoms with Crippen LogP contribution in [0.15, 0.2) is 46.9 Å². The topological polar surface area (TPSA) is 111 Å². The number of primary amides is 1. The number of hydrogen-bond acceptors (Lipinski definition) is 4. The Labute approximate surface area is 128 Å². The molecule has 1 aromatic carbocycles. The molecule has 2 rings (SSSR count). The number of rotatable bonds is 6. The molecule has 1 heterocycles. The van der Waals surface area contributed by atoms with Gasteiger partial charge in [-0.25, -0.2) is 0 Å². The average molecular weight is 301 g/mol. The van der Waals surface area contributed by atoms with E-state index in [4.69, 9.17) is 15.9 Å². The molecular formula is C16H19N3O3. The number of carbonyl (C=O) groups excluding carboxylic acids is 2. The number of nitrogens with one attached hydrogen (secondary N) is 1. The second-order valence-corrected chi connectivity index (χ2v) is 5.07. The van der Waals surface area contributed by atoms with Crippen molar-refractivity contribution in [3.05, 3.63) is 59.5 Å². The Morgan fingerprint density at radius 3 is 2.45 bits per heavy atom. The van der Waals surface area contributed by atoms with Crippen molar-refractivity contribution in [2.24, 2.45) is 17.4 Å². The number of benzene rings is 1. The lowest BCUT2D eigenvalue weighted by Gasteiger charge is -2.19. The van der Waals surface area contributed by atoms with Gasteiger partial charge in [0.1, 0.15) is 5.76 Å². The third-order valence-electron chi connectivity index (χ3n) is 3.48. The molecule has 22 heavy (non-hydrogen) atoms. The molecule has 2 unspecified atom stereocenters. The van der Waals surface area contributed by atoms with Crippen molar-refractivity contribution in [2.45, 2.75) is 19.5 Å². The highest BCUT2D eigenvalue weighted by Gasteiger charge is 2.22. The monoisotopic (exact) mass is 301 g/mol. The van der Waals surface area contributed by atoms with Gasteiger partial charge in [-0.05, 0) is 17.7 Å². The fourth-order valence-corrected chi connectivity index (χ4v) is 2.07. The fourth-order valence-electron chi connectivity index (χ4n) is 2.07. The average Bonchev–Trinajstić information content (AvgIpc) is 3.01. The lowest BCUT2D eigenvalue weighted by Crippen LogP contribution is -2.35. The first kappa shape index (κ1) is 15.8. The molecule has 2 amide bonds. The number of carbonyl (C=O) groups is 2. The minimum absolute atomic E-state index is 0.0679. The smallest absolute Gasteiger partial charge is 0.284 e. The van der Waals surface area contributed by atoms with Crippen LogP contribution in [-0.4, -0.2) is 11.8 Å². The van der Waals surface area contributed by atoms with E-state index in [-0.39, 0.29) is 24.3 Å². The minimum atomic E-state index is -0.642. The van der Waals surface area contributed by atoms with Crippen LogP contribution in [0.25, 0.3) is 0 Å². The maximum absolute atomic E-state index is 12.1. The first-order valence-electron chi connectivity index (χ1n) is 6.96. The molecule has 0 saturated heterocycles. The van der Waals surface area contributed by atoms with Gasteiger partial charge >= 0.3 is 0 Å². The van der Waals surface area contributed by atoms with Crippen molar-refractivity contribution in [3.8, 4) is 0 Å². The third kappa shape index (κ3) is 3.73. The Morgan fingerprint density at radius 2 is 1.86 bits per heavy atom. The summed E-state index contributed by atoms with van der Waals surface area (Å²) in [6.45, 7) is 1.95. The van der Waals surface area contributed by atoms with E-state index in [2.05, 4.69) is 5.32 Å². The summed E-state index contributed by atoms with van der Waals surface area (Å²) >= 11 is 0. The highest BCUT2D eigenvalue weighted by Crippen LogP contribution is 2.19. The van der Waals surface area contributed by atoms with E-state index >= 15 is 0 Å². The SMILES string of the molecule is CC(C(=O)NCc1ccc(C(N)=O)o1)C(N)c1ccccc1. The van der Waals surface area contributed by atoms with Gasteiger partial charge in [-0.15, -0.1) is 0 Å². The van der Waals surface area contributed by atoms with Crippen LogP contribution in [0, 0.1) is 5.92 Å². The van der Waals surface area contributed by atoms with Crippen LogP contribution < -0.4 is 16.8 Å². The zero-order valence-corrected chi connectivity index (χ0v) is 12.3. The summed E-state index contributed by atoms with van der Waals surface area (Å²) < 4.78 is 5.20. The predicted octanol–water partition coefficient (Wildman–Crippen LogP) is 1.33. The van der Waals surface area contributed by atoms with E-state index in [1.54, 1.807) is 13.0 Å². The van der Waals surface area contributed by atoms with Gasteiger partial charge in [0.15, 0.2) is 5.76 Å². The molecule has 2 aromatic rings. The normalized spacial score (nSPS) is 13.4. The van der Waals surface area contributed by atoms with Gasteiger partial charge in [0.05, 0.1) is 12.5 Å². The van der Waals surface area contributed by atoms with Crippen molar-refractivity contribution in [2.75, 3.05) is 0 Å². The van der Waals surface area contributed by atoms with Crippen LogP contribution >= 0.6 is 0 Å². The predicted molar refractivity (Wildman–Crippen MR) is 81.6 cm³/mol. The largest absolute Gasteiger partial charge is 0.454 e. The van der Waals surface area contributed by atoms with Gasteiger partial charge < -0.3 is 21.2 Å². The van der Waals surface area contributed by atoms with Crippen LogP contribution in [0.5, 0.6) is 0 Å². The number of amides is 2. The third-order valence-corrected chi connectivity index (χ3v) is 3.48. The van der Waals surface area contributed by atoms with Crippen LogP contribution in [0.4, 0.5) is 0 Å². The molecule has 5 N–H and O–H groups in total. The molecule has 6 heteroatoms. The summed E-state index contributed by atoms with van der Waals surface area (Å²) in [7, 11) is 0. The fraction of sp³-hybridized carbons (Fsp3) is 0.250. The summed E-state index contributed by atoms with van der Waals surface area (Å²) in [5.41, 5.74) is 12.1. The van der Waals surface area contributed by atoms with Gasteiger partial charge in [0.25, 0.3) is 5.91 Å². The molecule has 1 aromatic heterocycles. The Bertz CT molecular complexity index is 652. The van der Waals surface area contributed by atoms with E-state index in [1.807, 2.05) is 30.3 Å². The molecule has 0 spiro atoms. The van der Waals surface area contributed by atoms with E-state index in [0.717, 1.165) is 5.56 Å². The number of hydrogen-bond donors (Lipinski definition) is 3. The first-order valence-corrected chi connectivity index (χ1v) is 6.96. The van der Waals surface area contributed by atoms with Crippen LogP contribution in [0.3, 0.4) is 0 Å². The first-order chi connectivity index (χ1) is 10.5. The van der Waals surface area contributed by atoms with E-state index in [1.165, 1.54) is 6.07 Å². The highest BCUT2D eigenvalue weighted by molar-refractivity contribution is 5.89. The maximum atomic E-state index is 12.1. The molecule has 116 valence electrons. The molecule has 0 fully saturated rings. The highest BCUT2D eigenvalue weighted by atomic mass is 16.4. The van der Waals surface area contributed by atoms with E-state index < -0.39 is 11.8 Å². The van der Waals surface area contributed by atoms with Gasteiger partial charge in [0.2, 0.25) is 5.91 Å².